The Hall–Kier alpha value is -5.95. The Balaban J connectivity index is 0.867. The summed E-state index contributed by atoms with van der Waals surface area (Å²) >= 11 is 0. The molecule has 2 aromatic heterocycles. The van der Waals surface area contributed by atoms with Gasteiger partial charge in [0.1, 0.15) is 18.0 Å². The van der Waals surface area contributed by atoms with Crippen molar-refractivity contribution in [3.63, 3.8) is 0 Å². The van der Waals surface area contributed by atoms with Crippen LogP contribution >= 0.6 is 0 Å². The Kier molecular flexibility index (Phi) is 12.0. The lowest BCUT2D eigenvalue weighted by atomic mass is 9.59. The summed E-state index contributed by atoms with van der Waals surface area (Å²) in [6.07, 6.45) is 8.55. The van der Waals surface area contributed by atoms with Crippen molar-refractivity contribution < 1.29 is 37.5 Å². The highest BCUT2D eigenvalue weighted by atomic mass is 32.2. The number of aliphatic hydroxyl groups is 1. The van der Waals surface area contributed by atoms with E-state index in [2.05, 4.69) is 67.9 Å². The van der Waals surface area contributed by atoms with Crippen molar-refractivity contribution in [2.75, 3.05) is 55.4 Å². The number of ether oxygens (including phenoxy) is 3. The molecule has 1 spiro atoms. The first-order chi connectivity index (χ1) is 32.6. The molecule has 6 N–H and O–H groups in total. The smallest absolute Gasteiger partial charge is 0.297 e. The fraction of sp³-hybridized carbons (Fsp3) is 0.480. The molecule has 5 aliphatic rings. The lowest BCUT2D eigenvalue weighted by Gasteiger charge is -2.57. The molecule has 5 heterocycles. The van der Waals surface area contributed by atoms with Gasteiger partial charge in [-0.25, -0.2) is 18.1 Å². The zero-order chi connectivity index (χ0) is 47.5. The molecule has 2 saturated heterocycles. The number of carbonyl (C=O) groups excluding carboxylic acids is 1. The lowest BCUT2D eigenvalue weighted by Crippen LogP contribution is -2.58. The van der Waals surface area contributed by atoms with E-state index in [-0.39, 0.29) is 64.3 Å². The van der Waals surface area contributed by atoms with Crippen molar-refractivity contribution in [1.29, 1.82) is 0 Å². The Morgan fingerprint density at radius 3 is 2.53 bits per heavy atom. The third-order valence-electron chi connectivity index (χ3n) is 15.3. The number of aromatic amines is 1. The minimum Gasteiger partial charge on any atom is -0.489 e. The molecule has 0 bridgehead atoms. The summed E-state index contributed by atoms with van der Waals surface area (Å²) < 4.78 is 48.6. The molecular weight excluding hydrogens is 889 g/mol. The number of nitrogens with one attached hydrogen (secondary N) is 3. The molecule has 2 aliphatic carbocycles. The SMILES string of the molecule is CC(C)c1ccccc1[C@@H]1COCCN1C1CC2(CCN(c3ccc(C(=O)NS(=O)(=O)c4cc5c(c([N+](=O)[O-])c4)N[C@@H]([C@H]4CC[C@](C)(O)CC4)CO5)c(Oc4cc5cc[nH]c5nc4N)c3)CC2)C1. The molecule has 0 unspecified atom stereocenters. The van der Waals surface area contributed by atoms with Crippen LogP contribution < -0.4 is 30.1 Å². The summed E-state index contributed by atoms with van der Waals surface area (Å²) in [5.41, 5.74) is 9.39. The number of amides is 1. The van der Waals surface area contributed by atoms with Crippen LogP contribution in [0.1, 0.15) is 106 Å². The summed E-state index contributed by atoms with van der Waals surface area (Å²) in [6.45, 7) is 10.4. The number of nitro benzene ring substituents is 1. The molecule has 3 aromatic carbocycles. The number of morpholine rings is 1. The highest BCUT2D eigenvalue weighted by Crippen LogP contribution is 2.53. The second-order valence-corrected chi connectivity index (χ2v) is 21.8. The molecule has 4 fully saturated rings. The fourth-order valence-corrected chi connectivity index (χ4v) is 12.3. The van der Waals surface area contributed by atoms with Crippen LogP contribution in [-0.2, 0) is 14.8 Å². The van der Waals surface area contributed by atoms with Gasteiger partial charge >= 0.3 is 0 Å². The molecule has 68 heavy (non-hydrogen) atoms. The Morgan fingerprint density at radius 2 is 1.78 bits per heavy atom. The Bertz CT molecular complexity index is 2840. The number of aromatic nitrogens is 2. The van der Waals surface area contributed by atoms with Crippen molar-refractivity contribution in [3.8, 4) is 17.2 Å². The van der Waals surface area contributed by atoms with E-state index in [9.17, 15) is 28.4 Å². The molecule has 18 heteroatoms. The number of hydrogen-bond acceptors (Lipinski definition) is 14. The molecule has 2 atom stereocenters. The van der Waals surface area contributed by atoms with Crippen molar-refractivity contribution in [2.24, 2.45) is 11.3 Å². The van der Waals surface area contributed by atoms with E-state index in [1.807, 2.05) is 6.07 Å². The molecule has 360 valence electrons. The average Bonchev–Trinajstić information content (AvgIpc) is 3.77. The molecule has 0 radical (unpaired) electrons. The predicted molar refractivity (Wildman–Crippen MR) is 258 cm³/mol. The van der Waals surface area contributed by atoms with Crippen LogP contribution in [0.25, 0.3) is 11.0 Å². The predicted octanol–water partition coefficient (Wildman–Crippen LogP) is 8.02. The van der Waals surface area contributed by atoms with Crippen LogP contribution in [0.5, 0.6) is 17.2 Å². The number of nitrogens with two attached hydrogens (primary N) is 1. The van der Waals surface area contributed by atoms with Crippen molar-refractivity contribution >= 4 is 49.8 Å². The molecular formula is C50H60N8O9S. The summed E-state index contributed by atoms with van der Waals surface area (Å²) in [6, 6.07) is 19.9. The first-order valence-corrected chi connectivity index (χ1v) is 25.3. The number of carbonyl (C=O) groups is 1. The number of nitrogens with zero attached hydrogens (tertiary/aromatic N) is 4. The van der Waals surface area contributed by atoms with E-state index in [1.54, 1.807) is 31.3 Å². The summed E-state index contributed by atoms with van der Waals surface area (Å²) in [7, 11) is -4.70. The monoisotopic (exact) mass is 948 g/mol. The van der Waals surface area contributed by atoms with E-state index in [1.165, 1.54) is 23.3 Å². The van der Waals surface area contributed by atoms with Gasteiger partial charge < -0.3 is 40.3 Å². The zero-order valence-electron chi connectivity index (χ0n) is 38.7. The van der Waals surface area contributed by atoms with Crippen molar-refractivity contribution in [2.45, 2.75) is 107 Å². The van der Waals surface area contributed by atoms with Gasteiger partial charge in [0.25, 0.3) is 21.6 Å². The maximum Gasteiger partial charge on any atom is 0.297 e. The fourth-order valence-electron chi connectivity index (χ4n) is 11.3. The van der Waals surface area contributed by atoms with Crippen LogP contribution in [0.4, 0.5) is 22.9 Å². The molecule has 5 aromatic rings. The Labute approximate surface area is 395 Å². The third kappa shape index (κ3) is 8.94. The van der Waals surface area contributed by atoms with Gasteiger partial charge in [0.15, 0.2) is 23.0 Å². The normalized spacial score (nSPS) is 24.2. The Morgan fingerprint density at radius 1 is 1.01 bits per heavy atom. The van der Waals surface area contributed by atoms with Gasteiger partial charge in [-0.05, 0) is 111 Å². The van der Waals surface area contributed by atoms with Gasteiger partial charge in [-0.3, -0.25) is 19.8 Å². The highest BCUT2D eigenvalue weighted by Gasteiger charge is 2.50. The second kappa shape index (κ2) is 17.9. The molecule has 2 saturated carbocycles. The van der Waals surface area contributed by atoms with Crippen LogP contribution in [0.2, 0.25) is 0 Å². The van der Waals surface area contributed by atoms with Gasteiger partial charge in [0.05, 0.1) is 46.3 Å². The molecule has 10 rings (SSSR count). The van der Waals surface area contributed by atoms with Crippen LogP contribution in [0.3, 0.4) is 0 Å². The standard InChI is InChI=1S/C50H60N8O9S/c1-30(2)36-6-4-5-7-37(36)41-29-65-21-20-57(41)34-26-50(27-34)15-18-56(19-16-50)33-8-9-38(42(23-33)67-44-22-32-12-17-52-47(32)54-46(44)51)48(59)55-68(63,64)35-24-40(58(61)62)45-43(25-35)66-28-39(53-45)31-10-13-49(3,60)14-11-31/h4-9,12,17,22-25,30-31,34,39,41,53,60H,10-11,13-16,18-21,26-29H2,1-3H3,(H,55,59)(H3,51,52,54)/t31-,39-,41+,49-/m1/s1. The number of rotatable bonds is 11. The summed E-state index contributed by atoms with van der Waals surface area (Å²) in [4.78, 5) is 37.8. The minimum atomic E-state index is -4.70. The average molecular weight is 949 g/mol. The largest absolute Gasteiger partial charge is 0.489 e. The van der Waals surface area contributed by atoms with Gasteiger partial charge in [-0.1, -0.05) is 38.1 Å². The van der Waals surface area contributed by atoms with E-state index in [0.717, 1.165) is 69.1 Å². The number of anilines is 3. The van der Waals surface area contributed by atoms with E-state index in [0.29, 0.717) is 49.9 Å². The maximum atomic E-state index is 14.2. The number of sulfonamides is 1. The second-order valence-electron chi connectivity index (χ2n) is 20.1. The van der Waals surface area contributed by atoms with Gasteiger partial charge in [-0.15, -0.1) is 0 Å². The van der Waals surface area contributed by atoms with Crippen LogP contribution in [-0.4, -0.2) is 96.4 Å². The quantitative estimate of drug-likeness (QED) is 0.0624. The lowest BCUT2D eigenvalue weighted by molar-refractivity contribution is -0.384. The minimum absolute atomic E-state index is 0.0129. The van der Waals surface area contributed by atoms with E-state index < -0.39 is 37.0 Å². The number of fused-ring (bicyclic) bond motifs is 2. The van der Waals surface area contributed by atoms with E-state index >= 15 is 0 Å². The molecule has 17 nitrogen and oxygen atoms in total. The number of nitro groups is 1. The van der Waals surface area contributed by atoms with E-state index in [4.69, 9.17) is 19.9 Å². The number of piperidine rings is 1. The molecule has 1 amide bonds. The maximum absolute atomic E-state index is 14.2. The van der Waals surface area contributed by atoms with Crippen molar-refractivity contribution in [3.05, 3.63) is 99.7 Å². The number of benzene rings is 3. The first-order valence-electron chi connectivity index (χ1n) is 23.8. The molecule has 3 aliphatic heterocycles. The first kappa shape index (κ1) is 45.8. The summed E-state index contributed by atoms with van der Waals surface area (Å²) in [5.74, 6) is -0.209. The van der Waals surface area contributed by atoms with Crippen LogP contribution in [0.15, 0.2) is 77.8 Å². The van der Waals surface area contributed by atoms with Gasteiger partial charge in [-0.2, -0.15) is 0 Å². The zero-order valence-corrected chi connectivity index (χ0v) is 39.5. The van der Waals surface area contributed by atoms with Crippen LogP contribution in [0, 0.1) is 21.4 Å². The topological polar surface area (TPSA) is 228 Å². The third-order valence-corrected chi connectivity index (χ3v) is 16.6. The van der Waals surface area contributed by atoms with Gasteiger partial charge in [0.2, 0.25) is 0 Å². The number of H-pyrrole nitrogens is 1. The van der Waals surface area contributed by atoms with Crippen molar-refractivity contribution in [1.82, 2.24) is 19.6 Å². The highest BCUT2D eigenvalue weighted by molar-refractivity contribution is 7.90. The number of hydrogen-bond donors (Lipinski definition) is 5. The number of pyridine rings is 1. The summed E-state index contributed by atoms with van der Waals surface area (Å²) in [5, 5.41) is 26.8. The van der Waals surface area contributed by atoms with Gasteiger partial charge in [0, 0.05) is 61.1 Å². The number of nitrogen functional groups attached to an aromatic ring is 1.